The summed E-state index contributed by atoms with van der Waals surface area (Å²) in [6.07, 6.45) is 6.60. The average Bonchev–Trinajstić information content (AvgIpc) is 3.12. The number of hydrogen-bond donors (Lipinski definition) is 1. The molecule has 152 valence electrons. The highest BCUT2D eigenvalue weighted by atomic mass is 127. The van der Waals surface area contributed by atoms with E-state index in [0.29, 0.717) is 6.61 Å². The third kappa shape index (κ3) is 6.52. The van der Waals surface area contributed by atoms with Crippen LogP contribution in [0.1, 0.15) is 37.7 Å². The highest BCUT2D eigenvalue weighted by Gasteiger charge is 2.35. The molecular weight excluding hydrogens is 453 g/mol. The maximum atomic E-state index is 5.78. The minimum Gasteiger partial charge on any atom is -0.497 e. The normalized spacial score (nSPS) is 22.1. The van der Waals surface area contributed by atoms with Crippen LogP contribution in [0.3, 0.4) is 0 Å². The number of methoxy groups -OCH3 is 1. The fraction of sp³-hybridized carbons (Fsp3) is 0.667. The Morgan fingerprint density at radius 3 is 2.41 bits per heavy atom. The van der Waals surface area contributed by atoms with Crippen LogP contribution in [0.25, 0.3) is 0 Å². The first-order valence-corrected chi connectivity index (χ1v) is 9.96. The molecular formula is C21H34IN3O2. The van der Waals surface area contributed by atoms with Crippen LogP contribution < -0.4 is 10.1 Å². The highest BCUT2D eigenvalue weighted by Crippen LogP contribution is 2.35. The molecule has 0 amide bonds. The second kappa shape index (κ2) is 11.7. The van der Waals surface area contributed by atoms with Gasteiger partial charge >= 0.3 is 0 Å². The minimum absolute atomic E-state index is 0. The van der Waals surface area contributed by atoms with E-state index < -0.39 is 0 Å². The van der Waals surface area contributed by atoms with E-state index in [4.69, 9.17) is 9.47 Å². The number of fused-ring (bicyclic) bond motifs is 1. The van der Waals surface area contributed by atoms with E-state index in [1.165, 1.54) is 44.3 Å². The van der Waals surface area contributed by atoms with E-state index in [-0.39, 0.29) is 24.0 Å². The van der Waals surface area contributed by atoms with Crippen molar-refractivity contribution in [2.75, 3.05) is 40.4 Å². The van der Waals surface area contributed by atoms with Gasteiger partial charge in [-0.15, -0.1) is 24.0 Å². The average molecular weight is 487 g/mol. The van der Waals surface area contributed by atoms with E-state index >= 15 is 0 Å². The number of hydrogen-bond acceptors (Lipinski definition) is 3. The molecule has 1 saturated heterocycles. The standard InChI is InChI=1S/C21H33N3O2.HI/c1-22-21(24-14-18-6-3-4-7-19(18)15-24)23-12-5-13-26-16-17-8-10-20(25-2)11-9-17;/h8-11,18-19H,3-7,12-16H2,1-2H3,(H,22,23);1H. The molecule has 2 aliphatic rings. The first kappa shape index (κ1) is 22.3. The summed E-state index contributed by atoms with van der Waals surface area (Å²) in [4.78, 5) is 6.95. The van der Waals surface area contributed by atoms with Crippen molar-refractivity contribution < 1.29 is 9.47 Å². The fourth-order valence-corrected chi connectivity index (χ4v) is 4.20. The van der Waals surface area contributed by atoms with Crippen LogP contribution in [0.4, 0.5) is 0 Å². The molecule has 0 spiro atoms. The number of halogens is 1. The fourth-order valence-electron chi connectivity index (χ4n) is 4.20. The molecule has 2 fully saturated rings. The second-order valence-electron chi connectivity index (χ2n) is 7.44. The van der Waals surface area contributed by atoms with Crippen LogP contribution in [0.2, 0.25) is 0 Å². The molecule has 1 aromatic carbocycles. The van der Waals surface area contributed by atoms with Crippen molar-refractivity contribution in [3.63, 3.8) is 0 Å². The third-order valence-electron chi connectivity index (χ3n) is 5.66. The Hall–Kier alpha value is -1.02. The van der Waals surface area contributed by atoms with E-state index in [9.17, 15) is 0 Å². The topological polar surface area (TPSA) is 46.1 Å². The lowest BCUT2D eigenvalue weighted by Gasteiger charge is -2.22. The van der Waals surface area contributed by atoms with Crippen molar-refractivity contribution in [2.45, 2.75) is 38.7 Å². The quantitative estimate of drug-likeness (QED) is 0.274. The highest BCUT2D eigenvalue weighted by molar-refractivity contribution is 14.0. The predicted octanol–water partition coefficient (Wildman–Crippen LogP) is 3.92. The molecule has 0 bridgehead atoms. The Morgan fingerprint density at radius 2 is 1.81 bits per heavy atom. The van der Waals surface area contributed by atoms with Gasteiger partial charge in [-0.05, 0) is 48.8 Å². The molecule has 1 aromatic rings. The van der Waals surface area contributed by atoms with Crippen molar-refractivity contribution in [1.82, 2.24) is 10.2 Å². The SMILES string of the molecule is CN=C(NCCCOCc1ccc(OC)cc1)N1CC2CCCCC2C1.I. The molecule has 1 saturated carbocycles. The van der Waals surface area contributed by atoms with Gasteiger partial charge in [0.15, 0.2) is 5.96 Å². The molecule has 2 atom stereocenters. The van der Waals surface area contributed by atoms with Crippen LogP contribution >= 0.6 is 24.0 Å². The zero-order chi connectivity index (χ0) is 18.2. The molecule has 1 aliphatic heterocycles. The van der Waals surface area contributed by atoms with E-state index in [2.05, 4.69) is 15.2 Å². The number of nitrogens with one attached hydrogen (secondary N) is 1. The summed E-state index contributed by atoms with van der Waals surface area (Å²) in [5, 5.41) is 3.51. The van der Waals surface area contributed by atoms with Crippen LogP contribution in [0.15, 0.2) is 29.3 Å². The van der Waals surface area contributed by atoms with Crippen LogP contribution in [0, 0.1) is 11.8 Å². The first-order chi connectivity index (χ1) is 12.8. The molecule has 27 heavy (non-hydrogen) atoms. The van der Waals surface area contributed by atoms with Crippen LogP contribution in [-0.4, -0.2) is 51.3 Å². The van der Waals surface area contributed by atoms with Crippen molar-refractivity contribution in [2.24, 2.45) is 16.8 Å². The van der Waals surface area contributed by atoms with Gasteiger partial charge in [-0.3, -0.25) is 4.99 Å². The van der Waals surface area contributed by atoms with E-state index in [0.717, 1.165) is 43.1 Å². The van der Waals surface area contributed by atoms with Crippen molar-refractivity contribution >= 4 is 29.9 Å². The van der Waals surface area contributed by atoms with Crippen LogP contribution in [-0.2, 0) is 11.3 Å². The number of aliphatic imine (C=N–C) groups is 1. The van der Waals surface area contributed by atoms with Gasteiger partial charge in [0.05, 0.1) is 13.7 Å². The Balaban J connectivity index is 0.00000261. The largest absolute Gasteiger partial charge is 0.497 e. The molecule has 1 N–H and O–H groups in total. The summed E-state index contributed by atoms with van der Waals surface area (Å²) < 4.78 is 10.9. The number of ether oxygens (including phenoxy) is 2. The monoisotopic (exact) mass is 487 g/mol. The maximum absolute atomic E-state index is 5.78. The number of rotatable bonds is 7. The zero-order valence-electron chi connectivity index (χ0n) is 16.7. The van der Waals surface area contributed by atoms with Gasteiger partial charge in [0.1, 0.15) is 5.75 Å². The summed E-state index contributed by atoms with van der Waals surface area (Å²) in [6.45, 7) is 4.66. The molecule has 1 heterocycles. The smallest absolute Gasteiger partial charge is 0.193 e. The Bertz CT molecular complexity index is 565. The molecule has 0 aromatic heterocycles. The molecule has 1 aliphatic carbocycles. The number of likely N-dealkylation sites (tertiary alicyclic amines) is 1. The first-order valence-electron chi connectivity index (χ1n) is 9.96. The van der Waals surface area contributed by atoms with Gasteiger partial charge in [-0.1, -0.05) is 25.0 Å². The van der Waals surface area contributed by atoms with Gasteiger partial charge < -0.3 is 19.7 Å². The number of guanidine groups is 1. The molecule has 0 radical (unpaired) electrons. The van der Waals surface area contributed by atoms with Crippen molar-refractivity contribution in [1.29, 1.82) is 0 Å². The maximum Gasteiger partial charge on any atom is 0.193 e. The number of nitrogens with zero attached hydrogens (tertiary/aromatic N) is 2. The lowest BCUT2D eigenvalue weighted by atomic mass is 9.82. The lowest BCUT2D eigenvalue weighted by molar-refractivity contribution is 0.119. The number of benzene rings is 1. The summed E-state index contributed by atoms with van der Waals surface area (Å²) in [5.74, 6) is 3.71. The van der Waals surface area contributed by atoms with E-state index in [1.54, 1.807) is 7.11 Å². The summed E-state index contributed by atoms with van der Waals surface area (Å²) in [6, 6.07) is 8.04. The Labute approximate surface area is 180 Å². The van der Waals surface area contributed by atoms with Gasteiger partial charge in [0.25, 0.3) is 0 Å². The molecule has 2 unspecified atom stereocenters. The Morgan fingerprint density at radius 1 is 1.15 bits per heavy atom. The van der Waals surface area contributed by atoms with E-state index in [1.807, 2.05) is 31.3 Å². The Kier molecular flexibility index (Phi) is 9.68. The van der Waals surface area contributed by atoms with Gasteiger partial charge in [-0.25, -0.2) is 0 Å². The van der Waals surface area contributed by atoms with Gasteiger partial charge in [0.2, 0.25) is 0 Å². The van der Waals surface area contributed by atoms with Gasteiger partial charge in [0, 0.05) is 33.3 Å². The summed E-state index contributed by atoms with van der Waals surface area (Å²) in [7, 11) is 3.58. The molecule has 5 nitrogen and oxygen atoms in total. The van der Waals surface area contributed by atoms with Crippen molar-refractivity contribution in [3.05, 3.63) is 29.8 Å². The van der Waals surface area contributed by atoms with Crippen molar-refractivity contribution in [3.8, 4) is 5.75 Å². The third-order valence-corrected chi connectivity index (χ3v) is 5.66. The summed E-state index contributed by atoms with van der Waals surface area (Å²) in [5.41, 5.74) is 1.18. The molecule has 3 rings (SSSR count). The lowest BCUT2D eigenvalue weighted by Crippen LogP contribution is -2.40. The van der Waals surface area contributed by atoms with Gasteiger partial charge in [-0.2, -0.15) is 0 Å². The molecule has 6 heteroatoms. The predicted molar refractivity (Wildman–Crippen MR) is 121 cm³/mol. The zero-order valence-corrected chi connectivity index (χ0v) is 19.0. The van der Waals surface area contributed by atoms with Crippen LogP contribution in [0.5, 0.6) is 5.75 Å². The minimum atomic E-state index is 0. The summed E-state index contributed by atoms with van der Waals surface area (Å²) >= 11 is 0. The second-order valence-corrected chi connectivity index (χ2v) is 7.44.